The van der Waals surface area contributed by atoms with E-state index in [1.165, 1.54) is 4.90 Å². The van der Waals surface area contributed by atoms with Crippen molar-refractivity contribution in [2.45, 2.75) is 12.4 Å². The number of hydrogen-bond donors (Lipinski definition) is 1. The zero-order valence-corrected chi connectivity index (χ0v) is 11.2. The number of carbonyl (C=O) groups is 2. The minimum atomic E-state index is -1.26. The number of aliphatic hydroxyl groups excluding tert-OH is 1. The highest BCUT2D eigenvalue weighted by Crippen LogP contribution is 2.09. The van der Waals surface area contributed by atoms with Crippen LogP contribution >= 0.6 is 0 Å². The van der Waals surface area contributed by atoms with Gasteiger partial charge in [0.15, 0.2) is 0 Å². The second kappa shape index (κ2) is 6.54. The number of nitrogens with zero attached hydrogens (tertiary/aromatic N) is 1. The second-order valence-electron chi connectivity index (χ2n) is 4.78. The van der Waals surface area contributed by atoms with E-state index < -0.39 is 25.1 Å². The Morgan fingerprint density at radius 2 is 1.75 bits per heavy atom. The molecular weight excluding hydrogens is 261 g/mol. The first kappa shape index (κ1) is 14.6. The fourth-order valence-electron chi connectivity index (χ4n) is 1.96. The molecule has 1 saturated heterocycles. The molecule has 1 aliphatic rings. The van der Waals surface area contributed by atoms with Gasteiger partial charge in [0.25, 0.3) is 0 Å². The first-order valence-electron chi connectivity index (χ1n) is 6.34. The minimum absolute atomic E-state index is 0.0103. The monoisotopic (exact) mass is 277 g/mol. The van der Waals surface area contributed by atoms with E-state index in [2.05, 4.69) is 0 Å². The fourth-order valence-corrected chi connectivity index (χ4v) is 1.96. The Labute approximate surface area is 117 Å². The van der Waals surface area contributed by atoms with Crippen molar-refractivity contribution in [3.63, 3.8) is 0 Å². The van der Waals surface area contributed by atoms with Crippen LogP contribution in [0.25, 0.3) is 0 Å². The number of rotatable bonds is 3. The molecule has 0 saturated carbocycles. The molecular formula is C13H16BNO5. The van der Waals surface area contributed by atoms with Gasteiger partial charge in [-0.3, -0.25) is 14.5 Å². The van der Waals surface area contributed by atoms with E-state index in [9.17, 15) is 14.7 Å². The molecule has 7 heteroatoms. The van der Waals surface area contributed by atoms with Gasteiger partial charge >= 0.3 is 19.1 Å². The summed E-state index contributed by atoms with van der Waals surface area (Å²) in [6.07, 6.45) is 0.238. The molecule has 1 N–H and O–H groups in total. The van der Waals surface area contributed by atoms with Gasteiger partial charge in [-0.05, 0) is 19.0 Å². The molecule has 1 aromatic carbocycles. The lowest BCUT2D eigenvalue weighted by atomic mass is 9.77. The predicted octanol–water partition coefficient (Wildman–Crippen LogP) is -0.351. The average molecular weight is 277 g/mol. The van der Waals surface area contributed by atoms with Crippen LogP contribution in [-0.4, -0.2) is 55.2 Å². The molecule has 0 amide bonds. The largest absolute Gasteiger partial charge is 0.629 e. The maximum Gasteiger partial charge on any atom is 0.629 e. The Bertz CT molecular complexity index is 461. The van der Waals surface area contributed by atoms with Crippen molar-refractivity contribution in [1.82, 2.24) is 4.90 Å². The van der Waals surface area contributed by atoms with Gasteiger partial charge in [-0.25, -0.2) is 0 Å². The first-order chi connectivity index (χ1) is 9.54. The summed E-state index contributed by atoms with van der Waals surface area (Å²) in [7, 11) is 0.354. The molecule has 0 aromatic heterocycles. The summed E-state index contributed by atoms with van der Waals surface area (Å²) in [6.45, 7) is -0.0205. The minimum Gasteiger partial charge on any atom is -0.497 e. The highest BCUT2D eigenvalue weighted by molar-refractivity contribution is 6.50. The van der Waals surface area contributed by atoms with Gasteiger partial charge in [0, 0.05) is 0 Å². The molecule has 20 heavy (non-hydrogen) atoms. The van der Waals surface area contributed by atoms with Gasteiger partial charge in [0.1, 0.15) is 6.00 Å². The molecule has 1 aromatic rings. The Hall–Kier alpha value is -1.86. The van der Waals surface area contributed by atoms with Crippen molar-refractivity contribution in [3.05, 3.63) is 35.9 Å². The van der Waals surface area contributed by atoms with E-state index in [0.29, 0.717) is 0 Å². The molecule has 106 valence electrons. The van der Waals surface area contributed by atoms with Crippen LogP contribution in [0.2, 0.25) is 0 Å². The molecule has 0 spiro atoms. The molecule has 2 rings (SSSR count). The highest BCUT2D eigenvalue weighted by atomic mass is 16.6. The smallest absolute Gasteiger partial charge is 0.497 e. The molecule has 0 bridgehead atoms. The van der Waals surface area contributed by atoms with Crippen LogP contribution in [0.15, 0.2) is 30.3 Å². The summed E-state index contributed by atoms with van der Waals surface area (Å²) in [5.74, 6) is -1.06. The van der Waals surface area contributed by atoms with Gasteiger partial charge in [0.05, 0.1) is 13.1 Å². The third kappa shape index (κ3) is 4.08. The molecule has 1 unspecified atom stereocenters. The van der Waals surface area contributed by atoms with Gasteiger partial charge in [-0.1, -0.05) is 30.3 Å². The highest BCUT2D eigenvalue weighted by Gasteiger charge is 2.38. The fraction of sp³-hybridized carbons (Fsp3) is 0.385. The van der Waals surface area contributed by atoms with E-state index in [4.69, 9.17) is 9.31 Å². The van der Waals surface area contributed by atoms with Crippen molar-refractivity contribution >= 4 is 19.1 Å². The number of benzene rings is 1. The molecule has 1 atom stereocenters. The van der Waals surface area contributed by atoms with Crippen molar-refractivity contribution in [1.29, 1.82) is 0 Å². The molecule has 1 fully saturated rings. The molecule has 6 nitrogen and oxygen atoms in total. The summed E-state index contributed by atoms with van der Waals surface area (Å²) in [5, 5.41) is 10.1. The van der Waals surface area contributed by atoms with Gasteiger partial charge in [-0.2, -0.15) is 0 Å². The second-order valence-corrected chi connectivity index (χ2v) is 4.78. The lowest BCUT2D eigenvalue weighted by Crippen LogP contribution is -2.48. The maximum atomic E-state index is 11.6. The van der Waals surface area contributed by atoms with Crippen LogP contribution in [0.1, 0.15) is 5.56 Å². The lowest BCUT2D eigenvalue weighted by Gasteiger charge is -2.24. The third-order valence-electron chi connectivity index (χ3n) is 2.90. The van der Waals surface area contributed by atoms with Crippen molar-refractivity contribution in [2.75, 3.05) is 20.1 Å². The van der Waals surface area contributed by atoms with Crippen LogP contribution < -0.4 is 0 Å². The normalized spacial score (nSPS) is 18.8. The zero-order valence-electron chi connectivity index (χ0n) is 11.2. The summed E-state index contributed by atoms with van der Waals surface area (Å²) in [5.41, 5.74) is 0.867. The topological polar surface area (TPSA) is 76.1 Å². The first-order valence-corrected chi connectivity index (χ1v) is 6.34. The van der Waals surface area contributed by atoms with Gasteiger partial charge in [0.2, 0.25) is 0 Å². The van der Waals surface area contributed by atoms with Crippen LogP contribution in [-0.2, 0) is 25.3 Å². The summed E-state index contributed by atoms with van der Waals surface area (Å²) >= 11 is 0. The van der Waals surface area contributed by atoms with Crippen LogP contribution in [0.4, 0.5) is 0 Å². The van der Waals surface area contributed by atoms with Gasteiger partial charge in [-0.15, -0.1) is 0 Å². The molecule has 1 heterocycles. The molecule has 0 aliphatic carbocycles. The number of aliphatic hydroxyl groups is 1. The van der Waals surface area contributed by atoms with E-state index in [0.717, 1.165) is 5.56 Å². The number of carbonyl (C=O) groups excluding carboxylic acids is 2. The average Bonchev–Trinajstić information content (AvgIpc) is 2.37. The standard InChI is InChI=1S/C13H16BNO5/c1-15-8-12(17)19-14(20-13(18)9-15)11(16)7-10-5-3-2-4-6-10/h2-6,11,16H,7-9H2,1H3. The Balaban J connectivity index is 2.01. The van der Waals surface area contributed by atoms with E-state index >= 15 is 0 Å². The van der Waals surface area contributed by atoms with Crippen molar-refractivity contribution in [3.8, 4) is 0 Å². The molecule has 1 aliphatic heterocycles. The van der Waals surface area contributed by atoms with Crippen LogP contribution in [0, 0.1) is 0 Å². The Morgan fingerprint density at radius 1 is 1.20 bits per heavy atom. The summed E-state index contributed by atoms with van der Waals surface area (Å²) in [4.78, 5) is 24.6. The van der Waals surface area contributed by atoms with E-state index in [1.54, 1.807) is 7.05 Å². The maximum absolute atomic E-state index is 11.6. The summed E-state index contributed by atoms with van der Waals surface area (Å²) in [6, 6.07) is 8.13. The predicted molar refractivity (Wildman–Crippen MR) is 71.6 cm³/mol. The third-order valence-corrected chi connectivity index (χ3v) is 2.90. The number of hydrogen-bond acceptors (Lipinski definition) is 6. The van der Waals surface area contributed by atoms with Crippen LogP contribution in [0.3, 0.4) is 0 Å². The Kier molecular flexibility index (Phi) is 4.76. The van der Waals surface area contributed by atoms with E-state index in [-0.39, 0.29) is 19.5 Å². The van der Waals surface area contributed by atoms with Crippen molar-refractivity contribution < 1.29 is 24.0 Å². The Morgan fingerprint density at radius 3 is 2.30 bits per heavy atom. The SMILES string of the molecule is CN1CC(=O)OB(C(O)Cc2ccccc2)OC(=O)C1. The van der Waals surface area contributed by atoms with E-state index in [1.807, 2.05) is 30.3 Å². The van der Waals surface area contributed by atoms with Crippen molar-refractivity contribution in [2.24, 2.45) is 0 Å². The van der Waals surface area contributed by atoms with Crippen LogP contribution in [0.5, 0.6) is 0 Å². The van der Waals surface area contributed by atoms with Gasteiger partial charge < -0.3 is 14.4 Å². The lowest BCUT2D eigenvalue weighted by molar-refractivity contribution is -0.146. The summed E-state index contributed by atoms with van der Waals surface area (Å²) < 4.78 is 9.98. The quantitative estimate of drug-likeness (QED) is 0.761. The zero-order chi connectivity index (χ0) is 14.5. The number of likely N-dealkylation sites (N-methyl/N-ethyl adjacent to an activating group) is 1. The molecule has 0 radical (unpaired) electrons.